The lowest BCUT2D eigenvalue weighted by molar-refractivity contribution is -0.141. The Kier molecular flexibility index (Phi) is 9.78. The van der Waals surface area contributed by atoms with Gasteiger partial charge in [0.15, 0.2) is 0 Å². The smallest absolute Gasteiger partial charge is 0.243 e. The fourth-order valence-electron chi connectivity index (χ4n) is 4.38. The average molecular weight is 533 g/mol. The van der Waals surface area contributed by atoms with Crippen LogP contribution in [-0.4, -0.2) is 28.3 Å². The Balaban J connectivity index is 1.91. The molecule has 0 radical (unpaired) electrons. The number of carbonyl (C=O) groups excluding carboxylic acids is 2. The predicted octanol–water partition coefficient (Wildman–Crippen LogP) is 7.12. The molecule has 1 atom stereocenters. The molecule has 4 nitrogen and oxygen atoms in total. The minimum Gasteiger partial charge on any atom is -0.350 e. The van der Waals surface area contributed by atoms with Crippen LogP contribution in [0.5, 0.6) is 0 Å². The minimum atomic E-state index is -0.677. The van der Waals surface area contributed by atoms with Crippen molar-refractivity contribution in [2.45, 2.75) is 84.3 Å². The van der Waals surface area contributed by atoms with Crippen LogP contribution in [0.2, 0.25) is 5.02 Å². The van der Waals surface area contributed by atoms with Crippen molar-refractivity contribution >= 4 is 23.4 Å². The number of benzene rings is 3. The first-order valence-corrected chi connectivity index (χ1v) is 13.7. The highest BCUT2D eigenvalue weighted by Gasteiger charge is 2.32. The van der Waals surface area contributed by atoms with Gasteiger partial charge in [0.25, 0.3) is 0 Å². The Labute approximate surface area is 233 Å². The number of amides is 2. The summed E-state index contributed by atoms with van der Waals surface area (Å²) in [6.07, 6.45) is 1.31. The molecule has 0 spiro atoms. The second-order valence-electron chi connectivity index (χ2n) is 12.0. The van der Waals surface area contributed by atoms with Gasteiger partial charge >= 0.3 is 0 Å². The lowest BCUT2D eigenvalue weighted by Crippen LogP contribution is -2.54. The van der Waals surface area contributed by atoms with Gasteiger partial charge in [0.1, 0.15) is 6.04 Å². The quantitative estimate of drug-likeness (QED) is 0.319. The van der Waals surface area contributed by atoms with Gasteiger partial charge in [0.05, 0.1) is 0 Å². The highest BCUT2D eigenvalue weighted by atomic mass is 35.5. The highest BCUT2D eigenvalue weighted by molar-refractivity contribution is 6.31. The number of aryl methyl sites for hydroxylation is 1. The fourth-order valence-corrected chi connectivity index (χ4v) is 4.58. The zero-order valence-electron chi connectivity index (χ0n) is 23.6. The van der Waals surface area contributed by atoms with Crippen molar-refractivity contribution in [1.29, 1.82) is 0 Å². The highest BCUT2D eigenvalue weighted by Crippen LogP contribution is 2.24. The van der Waals surface area contributed by atoms with Crippen molar-refractivity contribution in [3.63, 3.8) is 0 Å². The number of hydrogen-bond donors (Lipinski definition) is 1. The topological polar surface area (TPSA) is 49.4 Å². The molecule has 38 heavy (non-hydrogen) atoms. The zero-order chi connectivity index (χ0) is 27.9. The largest absolute Gasteiger partial charge is 0.350 e. The Bertz CT molecular complexity index is 1210. The molecule has 0 aliphatic carbocycles. The van der Waals surface area contributed by atoms with E-state index >= 15 is 0 Å². The van der Waals surface area contributed by atoms with Gasteiger partial charge < -0.3 is 10.2 Å². The third-order valence-corrected chi connectivity index (χ3v) is 6.88. The second-order valence-corrected chi connectivity index (χ2v) is 12.4. The third-order valence-electron chi connectivity index (χ3n) is 6.52. The van der Waals surface area contributed by atoms with Gasteiger partial charge in [-0.15, -0.1) is 0 Å². The molecular formula is C33H41ClN2O2. The summed E-state index contributed by atoms with van der Waals surface area (Å²) in [5.41, 5.74) is 3.82. The maximum atomic E-state index is 13.9. The predicted molar refractivity (Wildman–Crippen MR) is 157 cm³/mol. The van der Waals surface area contributed by atoms with E-state index in [0.29, 0.717) is 24.3 Å². The molecule has 0 aromatic heterocycles. The number of hydrogen-bond acceptors (Lipinski definition) is 2. The fraction of sp³-hybridized carbons (Fsp3) is 0.394. The molecule has 3 rings (SSSR count). The standard InChI is InChI=1S/C33H41ClN2O2/c1-32(2,3)27-19-16-24(17-20-27)18-21-30(37)36(23-26-14-10-11-15-28(26)34)29(31(38)35-33(4,5)6)22-25-12-8-7-9-13-25/h7-17,19-20,29H,18,21-23H2,1-6H3,(H,35,38). The molecule has 3 aromatic carbocycles. The first-order valence-electron chi connectivity index (χ1n) is 13.3. The van der Waals surface area contributed by atoms with Crippen LogP contribution in [0.3, 0.4) is 0 Å². The summed E-state index contributed by atoms with van der Waals surface area (Å²) in [6, 6.07) is 25.1. The number of rotatable bonds is 9. The van der Waals surface area contributed by atoms with E-state index in [1.165, 1.54) is 5.56 Å². The Morgan fingerprint density at radius 3 is 2.00 bits per heavy atom. The number of carbonyl (C=O) groups is 2. The Morgan fingerprint density at radius 2 is 1.42 bits per heavy atom. The summed E-state index contributed by atoms with van der Waals surface area (Å²) in [7, 11) is 0. The molecule has 0 bridgehead atoms. The van der Waals surface area contributed by atoms with Gasteiger partial charge in [-0.1, -0.05) is 105 Å². The van der Waals surface area contributed by atoms with Crippen molar-refractivity contribution in [1.82, 2.24) is 10.2 Å². The van der Waals surface area contributed by atoms with Crippen molar-refractivity contribution in [3.05, 3.63) is 106 Å². The first-order chi connectivity index (χ1) is 17.8. The van der Waals surface area contributed by atoms with Crippen molar-refractivity contribution in [2.24, 2.45) is 0 Å². The Morgan fingerprint density at radius 1 is 0.816 bits per heavy atom. The van der Waals surface area contributed by atoms with E-state index in [4.69, 9.17) is 11.6 Å². The number of nitrogens with zero attached hydrogens (tertiary/aromatic N) is 1. The van der Waals surface area contributed by atoms with Crippen molar-refractivity contribution < 1.29 is 9.59 Å². The lowest BCUT2D eigenvalue weighted by Gasteiger charge is -2.34. The van der Waals surface area contributed by atoms with Crippen LogP contribution in [0.1, 0.15) is 70.2 Å². The second kappa shape index (κ2) is 12.6. The SMILES string of the molecule is CC(C)(C)NC(=O)C(Cc1ccccc1)N(Cc1ccccc1Cl)C(=O)CCc1ccc(C(C)(C)C)cc1. The van der Waals surface area contributed by atoms with E-state index in [-0.39, 0.29) is 23.8 Å². The van der Waals surface area contributed by atoms with Gasteiger partial charge in [0.2, 0.25) is 11.8 Å². The number of halogens is 1. The first kappa shape index (κ1) is 29.4. The van der Waals surface area contributed by atoms with Gasteiger partial charge in [-0.3, -0.25) is 9.59 Å². The van der Waals surface area contributed by atoms with Gasteiger partial charge in [0, 0.05) is 29.9 Å². The molecule has 0 saturated carbocycles. The van der Waals surface area contributed by atoms with Crippen LogP contribution >= 0.6 is 11.6 Å². The summed E-state index contributed by atoms with van der Waals surface area (Å²) in [5.74, 6) is -0.244. The lowest BCUT2D eigenvalue weighted by atomic mass is 9.86. The van der Waals surface area contributed by atoms with E-state index in [1.54, 1.807) is 4.90 Å². The van der Waals surface area contributed by atoms with E-state index in [0.717, 1.165) is 16.7 Å². The molecule has 1 unspecified atom stereocenters. The summed E-state index contributed by atoms with van der Waals surface area (Å²) in [5, 5.41) is 3.68. The van der Waals surface area contributed by atoms with Crippen LogP contribution in [0.15, 0.2) is 78.9 Å². The van der Waals surface area contributed by atoms with E-state index in [2.05, 4.69) is 50.4 Å². The van der Waals surface area contributed by atoms with E-state index in [1.807, 2.05) is 75.4 Å². The minimum absolute atomic E-state index is 0.0743. The molecule has 5 heteroatoms. The Hall–Kier alpha value is -3.11. The molecule has 3 aromatic rings. The van der Waals surface area contributed by atoms with Crippen molar-refractivity contribution in [3.8, 4) is 0 Å². The van der Waals surface area contributed by atoms with Crippen LogP contribution in [-0.2, 0) is 34.4 Å². The summed E-state index contributed by atoms with van der Waals surface area (Å²) < 4.78 is 0. The van der Waals surface area contributed by atoms with Crippen molar-refractivity contribution in [2.75, 3.05) is 0 Å². The zero-order valence-corrected chi connectivity index (χ0v) is 24.3. The molecule has 0 saturated heterocycles. The molecule has 1 N–H and O–H groups in total. The average Bonchev–Trinajstić information content (AvgIpc) is 2.85. The summed E-state index contributed by atoms with van der Waals surface area (Å²) in [6.45, 7) is 12.7. The molecule has 0 aliphatic rings. The molecule has 202 valence electrons. The van der Waals surface area contributed by atoms with Crippen LogP contribution in [0, 0.1) is 0 Å². The maximum absolute atomic E-state index is 13.9. The summed E-state index contributed by atoms with van der Waals surface area (Å²) in [4.78, 5) is 29.2. The molecule has 0 heterocycles. The number of nitrogens with one attached hydrogen (secondary N) is 1. The molecule has 0 aliphatic heterocycles. The maximum Gasteiger partial charge on any atom is 0.243 e. The molecule has 2 amide bonds. The van der Waals surface area contributed by atoms with Gasteiger partial charge in [-0.2, -0.15) is 0 Å². The summed E-state index contributed by atoms with van der Waals surface area (Å²) >= 11 is 6.51. The monoisotopic (exact) mass is 532 g/mol. The van der Waals surface area contributed by atoms with E-state index in [9.17, 15) is 9.59 Å². The van der Waals surface area contributed by atoms with Gasteiger partial charge in [-0.25, -0.2) is 0 Å². The van der Waals surface area contributed by atoms with Crippen LogP contribution < -0.4 is 5.32 Å². The van der Waals surface area contributed by atoms with Gasteiger partial charge in [-0.05, 0) is 60.9 Å². The van der Waals surface area contributed by atoms with Crippen LogP contribution in [0.4, 0.5) is 0 Å². The van der Waals surface area contributed by atoms with E-state index < -0.39 is 11.6 Å². The van der Waals surface area contributed by atoms with Crippen LogP contribution in [0.25, 0.3) is 0 Å². The third kappa shape index (κ3) is 8.73. The molecular weight excluding hydrogens is 492 g/mol. The molecule has 0 fully saturated rings. The normalized spacial score (nSPS) is 12.6.